The second kappa shape index (κ2) is 59.1. The Morgan fingerprint density at radius 2 is 0.800 bits per heavy atom. The Hall–Kier alpha value is -3.07. The van der Waals surface area contributed by atoms with Crippen molar-refractivity contribution in [3.8, 4) is 0 Å². The van der Waals surface area contributed by atoms with E-state index in [0.29, 0.717) is 17.4 Å². The number of hydrogen-bond donors (Lipinski definition) is 1. The average Bonchev–Trinajstić information content (AvgIpc) is 3.43. The summed E-state index contributed by atoms with van der Waals surface area (Å²) in [5.74, 6) is -0.561. The number of likely N-dealkylation sites (N-methyl/N-ethyl adjacent to an activating group) is 1. The van der Waals surface area contributed by atoms with Crippen LogP contribution in [0, 0.1) is 0 Å². The molecule has 0 aromatic heterocycles. The molecule has 0 fully saturated rings. The quantitative estimate of drug-likeness (QED) is 0.0212. The first-order valence-corrected chi connectivity index (χ1v) is 34.5. The van der Waals surface area contributed by atoms with Crippen LogP contribution in [0.15, 0.2) is 97.2 Å². The van der Waals surface area contributed by atoms with Crippen molar-refractivity contribution < 1.29 is 37.3 Å². The van der Waals surface area contributed by atoms with Crippen LogP contribution in [-0.4, -0.2) is 69.4 Å². The van der Waals surface area contributed by atoms with Crippen LogP contribution in [0.5, 0.6) is 0 Å². The molecule has 0 aromatic rings. The summed E-state index contributed by atoms with van der Waals surface area (Å²) >= 11 is 0. The summed E-state index contributed by atoms with van der Waals surface area (Å²) in [5, 5.41) is 3.02. The van der Waals surface area contributed by atoms with Crippen molar-refractivity contribution in [1.82, 2.24) is 5.32 Å². The van der Waals surface area contributed by atoms with Crippen molar-refractivity contribution in [2.45, 2.75) is 296 Å². The molecule has 0 saturated heterocycles. The molecule has 0 aliphatic heterocycles. The first-order valence-electron chi connectivity index (χ1n) is 33.0. The Bertz CT molecular complexity index is 1690. The van der Waals surface area contributed by atoms with Gasteiger partial charge in [0.15, 0.2) is 0 Å². The van der Waals surface area contributed by atoms with Crippen molar-refractivity contribution in [3.05, 3.63) is 97.2 Å². The summed E-state index contributed by atoms with van der Waals surface area (Å²) in [4.78, 5) is 40.0. The van der Waals surface area contributed by atoms with Crippen molar-refractivity contribution in [3.63, 3.8) is 0 Å². The molecule has 0 bridgehead atoms. The summed E-state index contributed by atoms with van der Waals surface area (Å²) in [5.41, 5.74) is 0. The highest BCUT2D eigenvalue weighted by atomic mass is 31.2. The van der Waals surface area contributed by atoms with Crippen LogP contribution in [-0.2, 0) is 27.9 Å². The van der Waals surface area contributed by atoms with Gasteiger partial charge >= 0.3 is 5.97 Å². The molecule has 0 radical (unpaired) electrons. The van der Waals surface area contributed by atoms with Crippen LogP contribution in [0.4, 0.5) is 0 Å². The predicted octanol–water partition coefficient (Wildman–Crippen LogP) is 20.1. The number of ether oxygens (including phenoxy) is 1. The van der Waals surface area contributed by atoms with Gasteiger partial charge in [0.05, 0.1) is 33.8 Å². The fourth-order valence-corrected chi connectivity index (χ4v) is 9.89. The number of amides is 1. The lowest BCUT2D eigenvalue weighted by atomic mass is 10.1. The topological polar surface area (TPSA) is 114 Å². The van der Waals surface area contributed by atoms with Crippen molar-refractivity contribution in [2.75, 3.05) is 40.9 Å². The number of carbonyl (C=O) groups is 2. The number of hydrogen-bond acceptors (Lipinski definition) is 7. The molecule has 0 aromatic carbocycles. The lowest BCUT2D eigenvalue weighted by Gasteiger charge is -2.30. The van der Waals surface area contributed by atoms with E-state index in [-0.39, 0.29) is 24.9 Å². The number of phosphoric ester groups is 1. The number of unbranched alkanes of at least 4 members (excludes halogenated alkanes) is 29. The van der Waals surface area contributed by atoms with E-state index < -0.39 is 26.6 Å². The Morgan fingerprint density at radius 1 is 0.450 bits per heavy atom. The molecule has 10 heteroatoms. The first kappa shape index (κ1) is 76.9. The van der Waals surface area contributed by atoms with Crippen molar-refractivity contribution in [2.24, 2.45) is 0 Å². The maximum atomic E-state index is 13.5. The second-order valence-corrected chi connectivity index (χ2v) is 24.6. The van der Waals surface area contributed by atoms with Gasteiger partial charge in [0.2, 0.25) is 5.91 Å². The maximum Gasteiger partial charge on any atom is 0.306 e. The highest BCUT2D eigenvalue weighted by Crippen LogP contribution is 2.38. The zero-order chi connectivity index (χ0) is 58.6. The molecule has 0 aliphatic rings. The molecule has 9 nitrogen and oxygen atoms in total. The average molecular weight is 1140 g/mol. The van der Waals surface area contributed by atoms with Gasteiger partial charge in [-0.3, -0.25) is 14.2 Å². The van der Waals surface area contributed by atoms with Crippen LogP contribution >= 0.6 is 7.82 Å². The van der Waals surface area contributed by atoms with Crippen LogP contribution in [0.3, 0.4) is 0 Å². The zero-order valence-corrected chi connectivity index (χ0v) is 53.7. The third kappa shape index (κ3) is 59.5. The molecule has 0 aliphatic carbocycles. The van der Waals surface area contributed by atoms with Crippen LogP contribution in [0.1, 0.15) is 284 Å². The van der Waals surface area contributed by atoms with E-state index in [9.17, 15) is 19.0 Å². The number of rotatable bonds is 59. The van der Waals surface area contributed by atoms with Gasteiger partial charge < -0.3 is 28.5 Å². The van der Waals surface area contributed by atoms with Gasteiger partial charge in [0.1, 0.15) is 19.3 Å². The molecule has 3 atom stereocenters. The maximum absolute atomic E-state index is 13.5. The fraction of sp³-hybridized carbons (Fsp3) is 0.743. The summed E-state index contributed by atoms with van der Waals surface area (Å²) < 4.78 is 30.3. The molecule has 0 rings (SSSR count). The van der Waals surface area contributed by atoms with E-state index in [4.69, 9.17) is 13.8 Å². The monoisotopic (exact) mass is 1140 g/mol. The van der Waals surface area contributed by atoms with E-state index in [2.05, 4.69) is 111 Å². The summed E-state index contributed by atoms with van der Waals surface area (Å²) in [7, 11) is 1.17. The SMILES string of the molecule is CC/C=C\C/C=C\C/C=C\C/C=C\C/C=C\C/C=C\CCCCCCCCCCC(=O)OC(/C=C\CCCCCCCCCCC)C(COP(=O)([O-])OCC[N+](C)(C)C)NC(=O)CCCCCCC/C=C/CCCCCCCCC. The Kier molecular flexibility index (Phi) is 56.8. The minimum absolute atomic E-state index is 0.0288. The lowest BCUT2D eigenvalue weighted by Crippen LogP contribution is -2.47. The third-order valence-corrected chi connectivity index (χ3v) is 15.2. The Labute approximate surface area is 494 Å². The van der Waals surface area contributed by atoms with Crippen molar-refractivity contribution in [1.29, 1.82) is 0 Å². The number of allylic oxidation sites excluding steroid dienone is 15. The highest BCUT2D eigenvalue weighted by molar-refractivity contribution is 7.45. The largest absolute Gasteiger partial charge is 0.756 e. The standard InChI is InChI=1S/C70H125N2O7P/c1-7-10-13-16-19-22-25-27-29-31-32-33-34-35-36-37-38-39-40-41-43-45-48-51-54-57-60-63-70(74)79-68(61-58-55-52-49-46-24-21-18-15-12-9-3)67(66-78-80(75,76)77-65-64-72(4,5)6)71-69(73)62-59-56-53-50-47-44-42-30-28-26-23-20-17-14-11-8-2/h10,13,19,22,27,29-30,32-33,35-36,38-39,42,58,61,67-68H,7-9,11-12,14-18,20-21,23-26,28,31,34,37,40-41,43-57,59-60,62-66H2,1-6H3,(H-,71,73,75,76)/b13-10-,22-19-,29-27-,33-32-,36-35-,39-38-,42-30+,61-58-. The van der Waals surface area contributed by atoms with E-state index in [1.807, 2.05) is 33.3 Å². The number of nitrogens with zero attached hydrogens (tertiary/aromatic N) is 1. The highest BCUT2D eigenvalue weighted by Gasteiger charge is 2.27. The number of carbonyl (C=O) groups excluding carboxylic acids is 2. The van der Waals surface area contributed by atoms with E-state index in [1.54, 1.807) is 0 Å². The summed E-state index contributed by atoms with van der Waals surface area (Å²) in [6, 6.07) is -0.901. The normalized spacial score (nSPS) is 14.2. The van der Waals surface area contributed by atoms with E-state index in [1.165, 1.54) is 122 Å². The molecule has 0 saturated carbocycles. The second-order valence-electron chi connectivity index (χ2n) is 23.2. The third-order valence-electron chi connectivity index (χ3n) is 14.2. The van der Waals surface area contributed by atoms with Crippen LogP contribution < -0.4 is 10.2 Å². The number of nitrogens with one attached hydrogen (secondary N) is 1. The molecule has 1 N–H and O–H groups in total. The molecule has 0 heterocycles. The molecule has 1 amide bonds. The number of esters is 1. The lowest BCUT2D eigenvalue weighted by molar-refractivity contribution is -0.870. The van der Waals surface area contributed by atoms with E-state index in [0.717, 1.165) is 128 Å². The van der Waals surface area contributed by atoms with Gasteiger partial charge in [-0.25, -0.2) is 0 Å². The summed E-state index contributed by atoms with van der Waals surface area (Å²) in [6.07, 6.45) is 79.5. The van der Waals surface area contributed by atoms with Gasteiger partial charge in [-0.15, -0.1) is 0 Å². The molecular formula is C70H125N2O7P. The van der Waals surface area contributed by atoms with Crippen LogP contribution in [0.2, 0.25) is 0 Å². The summed E-state index contributed by atoms with van der Waals surface area (Å²) in [6.45, 7) is 6.71. The smallest absolute Gasteiger partial charge is 0.306 e. The van der Waals surface area contributed by atoms with Gasteiger partial charge in [-0.2, -0.15) is 0 Å². The molecule has 3 unspecified atom stereocenters. The van der Waals surface area contributed by atoms with Gasteiger partial charge in [0.25, 0.3) is 7.82 Å². The van der Waals surface area contributed by atoms with E-state index >= 15 is 0 Å². The number of phosphoric acid groups is 1. The first-order chi connectivity index (χ1) is 38.9. The molecular weight excluding hydrogens is 1010 g/mol. The molecule has 0 spiro atoms. The van der Waals surface area contributed by atoms with Crippen molar-refractivity contribution >= 4 is 19.7 Å². The Balaban J connectivity index is 5.11. The number of quaternary nitrogens is 1. The molecule has 462 valence electrons. The van der Waals surface area contributed by atoms with Gasteiger partial charge in [-0.1, -0.05) is 260 Å². The van der Waals surface area contributed by atoms with Crippen LogP contribution in [0.25, 0.3) is 0 Å². The minimum Gasteiger partial charge on any atom is -0.756 e. The zero-order valence-electron chi connectivity index (χ0n) is 52.8. The predicted molar refractivity (Wildman–Crippen MR) is 344 cm³/mol. The molecule has 80 heavy (non-hydrogen) atoms. The van der Waals surface area contributed by atoms with Gasteiger partial charge in [-0.05, 0) is 109 Å². The Morgan fingerprint density at radius 3 is 1.21 bits per heavy atom. The van der Waals surface area contributed by atoms with Gasteiger partial charge in [0, 0.05) is 12.8 Å². The fourth-order valence-electron chi connectivity index (χ4n) is 9.17. The minimum atomic E-state index is -4.71.